The molecule has 0 fully saturated rings. The molecule has 1 aromatic carbocycles. The van der Waals surface area contributed by atoms with Gasteiger partial charge >= 0.3 is 6.03 Å². The quantitative estimate of drug-likeness (QED) is 0.413. The molecule has 32 heavy (non-hydrogen) atoms. The van der Waals surface area contributed by atoms with Crippen molar-refractivity contribution in [3.63, 3.8) is 0 Å². The molecule has 4 rings (SSSR count). The molecule has 1 atom stereocenters. The van der Waals surface area contributed by atoms with Crippen molar-refractivity contribution >= 4 is 29.3 Å². The third-order valence-corrected chi connectivity index (χ3v) is 5.11. The predicted molar refractivity (Wildman–Crippen MR) is 131 cm³/mol. The summed E-state index contributed by atoms with van der Waals surface area (Å²) in [4.78, 5) is 21.0. The van der Waals surface area contributed by atoms with Crippen LogP contribution in [0.15, 0.2) is 64.7 Å². The van der Waals surface area contributed by atoms with Crippen LogP contribution in [0.25, 0.3) is 6.08 Å². The number of hydrogen-bond acceptors (Lipinski definition) is 6. The number of aryl methyl sites for hydroxylation is 1. The predicted octanol–water partition coefficient (Wildman–Crippen LogP) is 5.14. The SMILES string of the molecule is Cc1nc2c(o1)C=C(C(=N)c1cnc(NC(=O)N[C@H](C)c3ccccc3)cc1N)C=CC2.[HH].[HH].[HH]. The van der Waals surface area contributed by atoms with Gasteiger partial charge in [0.1, 0.15) is 5.82 Å². The highest BCUT2D eigenvalue weighted by molar-refractivity contribution is 6.17. The largest absolute Gasteiger partial charge is 0.441 e. The van der Waals surface area contributed by atoms with Gasteiger partial charge in [0.05, 0.1) is 17.4 Å². The molecule has 0 saturated carbocycles. The van der Waals surface area contributed by atoms with Crippen LogP contribution in [0.1, 0.15) is 45.7 Å². The van der Waals surface area contributed by atoms with Crippen LogP contribution in [-0.2, 0) is 6.42 Å². The molecule has 2 aromatic heterocycles. The van der Waals surface area contributed by atoms with Crippen LogP contribution in [0.3, 0.4) is 0 Å². The smallest absolute Gasteiger partial charge is 0.320 e. The fraction of sp³-hybridized carbons (Fsp3) is 0.167. The van der Waals surface area contributed by atoms with Crippen molar-refractivity contribution in [3.05, 3.63) is 88.8 Å². The standard InChI is InChI=1S/C24H24N6O2.3H2/c1-14(16-7-4-3-5-8-16)28-24(31)30-22-12-19(25)18(13-27-22)23(26)17-9-6-10-20-21(11-17)32-15(2)29-20;;;/h3-9,11-14,26H,10H2,1-2H3,(H4,25,27,28,30,31);3*1H/t14-;;;/m1.../s1. The first kappa shape index (κ1) is 21.0. The van der Waals surface area contributed by atoms with E-state index in [0.717, 1.165) is 11.3 Å². The van der Waals surface area contributed by atoms with E-state index >= 15 is 0 Å². The molecule has 2 amide bonds. The highest BCUT2D eigenvalue weighted by atomic mass is 16.4. The average molecular weight is 435 g/mol. The Bertz CT molecular complexity index is 1240. The van der Waals surface area contributed by atoms with Crippen LogP contribution in [0.4, 0.5) is 16.3 Å². The van der Waals surface area contributed by atoms with E-state index in [1.807, 2.05) is 49.4 Å². The second-order valence-electron chi connectivity index (χ2n) is 7.51. The van der Waals surface area contributed by atoms with Crippen molar-refractivity contribution in [1.29, 1.82) is 5.41 Å². The van der Waals surface area contributed by atoms with Gasteiger partial charge in [0.2, 0.25) is 0 Å². The minimum Gasteiger partial charge on any atom is -0.441 e. The monoisotopic (exact) mass is 434 g/mol. The zero-order valence-electron chi connectivity index (χ0n) is 17.8. The van der Waals surface area contributed by atoms with Gasteiger partial charge in [0, 0.05) is 46.7 Å². The van der Waals surface area contributed by atoms with E-state index in [0.29, 0.717) is 40.7 Å². The third kappa shape index (κ3) is 4.59. The minimum absolute atomic E-state index is 0. The van der Waals surface area contributed by atoms with Crippen LogP contribution in [0.2, 0.25) is 0 Å². The van der Waals surface area contributed by atoms with Crippen molar-refractivity contribution in [2.24, 2.45) is 0 Å². The Balaban J connectivity index is 0.00000204. The first-order valence-corrected chi connectivity index (χ1v) is 10.2. The summed E-state index contributed by atoms with van der Waals surface area (Å²) in [6.07, 6.45) is 7.68. The number of carbonyl (C=O) groups excluding carboxylic acids is 1. The van der Waals surface area contributed by atoms with E-state index in [2.05, 4.69) is 20.6 Å². The van der Waals surface area contributed by atoms with Gasteiger partial charge in [-0.2, -0.15) is 0 Å². The highest BCUT2D eigenvalue weighted by Gasteiger charge is 2.17. The summed E-state index contributed by atoms with van der Waals surface area (Å²) in [5.74, 6) is 1.53. The molecule has 8 heteroatoms. The number of amides is 2. The number of anilines is 2. The minimum atomic E-state index is -0.390. The molecule has 1 aliphatic rings. The van der Waals surface area contributed by atoms with E-state index < -0.39 is 6.03 Å². The number of urea groups is 1. The van der Waals surface area contributed by atoms with E-state index in [-0.39, 0.29) is 16.0 Å². The zero-order valence-corrected chi connectivity index (χ0v) is 17.8. The van der Waals surface area contributed by atoms with Crippen molar-refractivity contribution in [1.82, 2.24) is 15.3 Å². The lowest BCUT2D eigenvalue weighted by molar-refractivity contribution is 0.249. The normalized spacial score (nSPS) is 13.5. The summed E-state index contributed by atoms with van der Waals surface area (Å²) in [7, 11) is 0. The molecule has 0 radical (unpaired) electrons. The lowest BCUT2D eigenvalue weighted by Crippen LogP contribution is -2.31. The molecule has 8 nitrogen and oxygen atoms in total. The molecule has 3 aromatic rings. The number of carbonyl (C=O) groups is 1. The zero-order chi connectivity index (χ0) is 22.7. The Morgan fingerprint density at radius 1 is 1.31 bits per heavy atom. The van der Waals surface area contributed by atoms with E-state index in [9.17, 15) is 4.79 Å². The first-order chi connectivity index (χ1) is 15.4. The van der Waals surface area contributed by atoms with Crippen LogP contribution >= 0.6 is 0 Å². The highest BCUT2D eigenvalue weighted by Crippen LogP contribution is 2.24. The maximum Gasteiger partial charge on any atom is 0.320 e. The average Bonchev–Trinajstić information content (AvgIpc) is 3.00. The molecule has 0 aliphatic heterocycles. The van der Waals surface area contributed by atoms with Crippen molar-refractivity contribution in [3.8, 4) is 0 Å². The molecule has 0 spiro atoms. The number of oxazole rings is 1. The number of nitrogen functional groups attached to an aromatic ring is 1. The van der Waals surface area contributed by atoms with Crippen molar-refractivity contribution in [2.45, 2.75) is 26.3 Å². The Kier molecular flexibility index (Phi) is 5.85. The maximum absolute atomic E-state index is 12.4. The van der Waals surface area contributed by atoms with Gasteiger partial charge in [-0.1, -0.05) is 42.5 Å². The second-order valence-corrected chi connectivity index (χ2v) is 7.51. The molecule has 168 valence electrons. The van der Waals surface area contributed by atoms with Gasteiger partial charge < -0.3 is 15.5 Å². The van der Waals surface area contributed by atoms with E-state index in [1.54, 1.807) is 19.1 Å². The Morgan fingerprint density at radius 2 is 2.09 bits per heavy atom. The van der Waals surface area contributed by atoms with Crippen LogP contribution in [-0.4, -0.2) is 21.7 Å². The van der Waals surface area contributed by atoms with Gasteiger partial charge in [-0.25, -0.2) is 14.8 Å². The number of fused-ring (bicyclic) bond motifs is 1. The molecule has 0 saturated heterocycles. The summed E-state index contributed by atoms with van der Waals surface area (Å²) in [6, 6.07) is 10.6. The topological polar surface area (TPSA) is 130 Å². The number of pyridine rings is 1. The van der Waals surface area contributed by atoms with Crippen molar-refractivity contribution in [2.75, 3.05) is 11.1 Å². The number of nitrogens with two attached hydrogens (primary N) is 1. The summed E-state index contributed by atoms with van der Waals surface area (Å²) in [6.45, 7) is 3.69. The Hall–Kier alpha value is -4.20. The number of hydrogen-bond donors (Lipinski definition) is 4. The number of benzene rings is 1. The number of nitrogens with zero attached hydrogens (tertiary/aromatic N) is 2. The van der Waals surface area contributed by atoms with Gasteiger partial charge in [-0.05, 0) is 18.6 Å². The Labute approximate surface area is 190 Å². The molecule has 0 bridgehead atoms. The molecular formula is C24H30N6O2. The van der Waals surface area contributed by atoms with Gasteiger partial charge in [-0.3, -0.25) is 10.7 Å². The molecule has 5 N–H and O–H groups in total. The first-order valence-electron chi connectivity index (χ1n) is 10.2. The van der Waals surface area contributed by atoms with Gasteiger partial charge in [0.25, 0.3) is 0 Å². The molecule has 0 unspecified atom stereocenters. The summed E-state index contributed by atoms with van der Waals surface area (Å²) in [5.41, 5.74) is 9.68. The second kappa shape index (κ2) is 8.89. The molecular weight excluding hydrogens is 404 g/mol. The summed E-state index contributed by atoms with van der Waals surface area (Å²) < 4.78 is 5.63. The number of nitrogens with one attached hydrogen (secondary N) is 3. The fourth-order valence-electron chi connectivity index (χ4n) is 3.47. The van der Waals surface area contributed by atoms with Crippen LogP contribution in [0, 0.1) is 12.3 Å². The third-order valence-electron chi connectivity index (χ3n) is 5.11. The summed E-state index contributed by atoms with van der Waals surface area (Å²) >= 11 is 0. The molecule has 1 aliphatic carbocycles. The molecule has 2 heterocycles. The van der Waals surface area contributed by atoms with Gasteiger partial charge in [0.15, 0.2) is 11.7 Å². The van der Waals surface area contributed by atoms with Crippen LogP contribution in [0.5, 0.6) is 0 Å². The fourth-order valence-corrected chi connectivity index (χ4v) is 3.47. The Morgan fingerprint density at radius 3 is 2.84 bits per heavy atom. The van der Waals surface area contributed by atoms with E-state index in [4.69, 9.17) is 15.6 Å². The number of rotatable bonds is 5. The maximum atomic E-state index is 12.4. The lowest BCUT2D eigenvalue weighted by atomic mass is 10.0. The van der Waals surface area contributed by atoms with Crippen LogP contribution < -0.4 is 16.4 Å². The number of allylic oxidation sites excluding steroid dienone is 3. The summed E-state index contributed by atoms with van der Waals surface area (Å²) in [5, 5.41) is 14.2. The van der Waals surface area contributed by atoms with Crippen molar-refractivity contribution < 1.29 is 13.5 Å². The lowest BCUT2D eigenvalue weighted by Gasteiger charge is -2.15. The van der Waals surface area contributed by atoms with Gasteiger partial charge in [-0.15, -0.1) is 0 Å². The number of aromatic nitrogens is 2. The van der Waals surface area contributed by atoms with E-state index in [1.165, 1.54) is 6.20 Å².